The summed E-state index contributed by atoms with van der Waals surface area (Å²) in [5.74, 6) is -1.11. The van der Waals surface area contributed by atoms with E-state index in [0.29, 0.717) is 16.3 Å². The molecule has 27 heavy (non-hydrogen) atoms. The van der Waals surface area contributed by atoms with Crippen molar-refractivity contribution in [3.63, 3.8) is 0 Å². The first-order chi connectivity index (χ1) is 13.0. The number of benzene rings is 1. The number of thiophene rings is 1. The molecule has 1 aliphatic rings. The van der Waals surface area contributed by atoms with Crippen LogP contribution in [-0.4, -0.2) is 38.7 Å². The minimum Gasteiger partial charge on any atom is -0.497 e. The van der Waals surface area contributed by atoms with E-state index in [1.807, 2.05) is 0 Å². The van der Waals surface area contributed by atoms with Crippen LogP contribution in [0, 0.1) is 0 Å². The maximum atomic E-state index is 12.2. The molecule has 0 saturated carbocycles. The number of ether oxygens (including phenoxy) is 3. The first-order valence-corrected chi connectivity index (χ1v) is 9.19. The fraction of sp³-hybridized carbons (Fsp3) is 0.316. The van der Waals surface area contributed by atoms with Crippen molar-refractivity contribution >= 4 is 34.2 Å². The second-order valence-electron chi connectivity index (χ2n) is 5.91. The van der Waals surface area contributed by atoms with E-state index >= 15 is 0 Å². The van der Waals surface area contributed by atoms with E-state index in [0.717, 1.165) is 29.7 Å². The lowest BCUT2D eigenvalue weighted by molar-refractivity contribution is -0.119. The molecule has 2 aromatic rings. The Bertz CT molecular complexity index is 888. The van der Waals surface area contributed by atoms with Crippen LogP contribution >= 0.6 is 11.3 Å². The maximum absolute atomic E-state index is 12.2. The van der Waals surface area contributed by atoms with Crippen LogP contribution in [0.4, 0.5) is 5.00 Å². The fourth-order valence-corrected chi connectivity index (χ4v) is 4.23. The Hall–Kier alpha value is -2.87. The highest BCUT2D eigenvalue weighted by Crippen LogP contribution is 2.39. The quantitative estimate of drug-likeness (QED) is 0.764. The lowest BCUT2D eigenvalue weighted by atomic mass is 10.1. The Morgan fingerprint density at radius 2 is 1.96 bits per heavy atom. The largest absolute Gasteiger partial charge is 0.497 e. The lowest BCUT2D eigenvalue weighted by Crippen LogP contribution is -2.21. The number of nitrogens with one attached hydrogen (secondary N) is 1. The number of methoxy groups -OCH3 is 2. The molecular weight excluding hydrogens is 370 g/mol. The number of amides is 1. The number of anilines is 1. The van der Waals surface area contributed by atoms with Gasteiger partial charge in [0.1, 0.15) is 10.8 Å². The van der Waals surface area contributed by atoms with Crippen molar-refractivity contribution in [2.75, 3.05) is 26.1 Å². The van der Waals surface area contributed by atoms with E-state index in [2.05, 4.69) is 5.32 Å². The highest BCUT2D eigenvalue weighted by Gasteiger charge is 2.28. The zero-order valence-corrected chi connectivity index (χ0v) is 15.8. The third-order valence-electron chi connectivity index (χ3n) is 4.20. The third kappa shape index (κ3) is 4.11. The van der Waals surface area contributed by atoms with Crippen LogP contribution in [0.15, 0.2) is 24.3 Å². The van der Waals surface area contributed by atoms with Crippen LogP contribution in [0.3, 0.4) is 0 Å². The van der Waals surface area contributed by atoms with Gasteiger partial charge in [-0.1, -0.05) is 6.07 Å². The van der Waals surface area contributed by atoms with Gasteiger partial charge in [-0.05, 0) is 43.0 Å². The van der Waals surface area contributed by atoms with Crippen LogP contribution in [0.5, 0.6) is 5.75 Å². The Labute approximate surface area is 160 Å². The van der Waals surface area contributed by atoms with Crippen LogP contribution in [0.1, 0.15) is 37.6 Å². The maximum Gasteiger partial charge on any atom is 0.341 e. The second-order valence-corrected chi connectivity index (χ2v) is 7.01. The Morgan fingerprint density at radius 1 is 1.15 bits per heavy atom. The van der Waals surface area contributed by atoms with E-state index in [1.165, 1.54) is 31.6 Å². The molecular formula is C19H19NO6S. The molecule has 8 heteroatoms. The van der Waals surface area contributed by atoms with Crippen molar-refractivity contribution in [2.24, 2.45) is 0 Å². The van der Waals surface area contributed by atoms with Gasteiger partial charge in [0.2, 0.25) is 0 Å². The van der Waals surface area contributed by atoms with Crippen molar-refractivity contribution < 1.29 is 28.6 Å². The molecule has 0 saturated heterocycles. The van der Waals surface area contributed by atoms with Gasteiger partial charge in [0, 0.05) is 4.88 Å². The van der Waals surface area contributed by atoms with Gasteiger partial charge < -0.3 is 19.5 Å². The first-order valence-electron chi connectivity index (χ1n) is 8.37. The topological polar surface area (TPSA) is 90.9 Å². The zero-order valence-electron chi connectivity index (χ0n) is 15.0. The molecule has 7 nitrogen and oxygen atoms in total. The molecule has 0 unspecified atom stereocenters. The number of esters is 2. The smallest absolute Gasteiger partial charge is 0.341 e. The van der Waals surface area contributed by atoms with Gasteiger partial charge >= 0.3 is 11.9 Å². The monoisotopic (exact) mass is 389 g/mol. The Morgan fingerprint density at radius 3 is 2.70 bits per heavy atom. The highest BCUT2D eigenvalue weighted by atomic mass is 32.1. The van der Waals surface area contributed by atoms with E-state index in [1.54, 1.807) is 18.2 Å². The van der Waals surface area contributed by atoms with Crippen molar-refractivity contribution in [1.82, 2.24) is 0 Å². The number of aryl methyl sites for hydroxylation is 1. The van der Waals surface area contributed by atoms with E-state index in [9.17, 15) is 14.4 Å². The van der Waals surface area contributed by atoms with Crippen LogP contribution in [0.25, 0.3) is 0 Å². The highest BCUT2D eigenvalue weighted by molar-refractivity contribution is 7.17. The summed E-state index contributed by atoms with van der Waals surface area (Å²) in [5.41, 5.74) is 1.63. The molecule has 0 spiro atoms. The molecule has 0 radical (unpaired) electrons. The number of carbonyl (C=O) groups is 3. The molecule has 0 bridgehead atoms. The number of carbonyl (C=O) groups excluding carboxylic acids is 3. The molecule has 1 amide bonds. The van der Waals surface area contributed by atoms with Gasteiger partial charge in [-0.25, -0.2) is 9.59 Å². The second kappa shape index (κ2) is 8.22. The summed E-state index contributed by atoms with van der Waals surface area (Å²) in [6.45, 7) is -0.459. The minimum absolute atomic E-state index is 0.285. The first kappa shape index (κ1) is 18.9. The Balaban J connectivity index is 1.64. The van der Waals surface area contributed by atoms with Crippen LogP contribution in [0.2, 0.25) is 0 Å². The zero-order chi connectivity index (χ0) is 19.4. The van der Waals surface area contributed by atoms with Gasteiger partial charge in [-0.2, -0.15) is 0 Å². The predicted molar refractivity (Wildman–Crippen MR) is 99.6 cm³/mol. The van der Waals surface area contributed by atoms with Gasteiger partial charge in [0.05, 0.1) is 25.3 Å². The summed E-state index contributed by atoms with van der Waals surface area (Å²) in [5, 5.41) is 3.10. The SMILES string of the molecule is COC(=O)c1c(NC(=O)COC(=O)c2cccc(OC)c2)sc2c1CCC2. The van der Waals surface area contributed by atoms with Gasteiger partial charge in [0.15, 0.2) is 6.61 Å². The summed E-state index contributed by atoms with van der Waals surface area (Å²) < 4.78 is 14.9. The molecule has 1 N–H and O–H groups in total. The van der Waals surface area contributed by atoms with E-state index in [-0.39, 0.29) is 5.56 Å². The third-order valence-corrected chi connectivity index (χ3v) is 5.41. The van der Waals surface area contributed by atoms with Gasteiger partial charge in [-0.3, -0.25) is 4.79 Å². The normalized spacial score (nSPS) is 12.2. The summed E-state index contributed by atoms with van der Waals surface area (Å²) in [7, 11) is 2.80. The van der Waals surface area contributed by atoms with Crippen LogP contribution in [-0.2, 0) is 27.1 Å². The summed E-state index contributed by atoms with van der Waals surface area (Å²) in [6, 6.07) is 6.46. The molecule has 1 aliphatic carbocycles. The molecule has 1 aromatic heterocycles. The Kier molecular flexibility index (Phi) is 5.75. The molecule has 0 aliphatic heterocycles. The van der Waals surface area contributed by atoms with Crippen molar-refractivity contribution in [2.45, 2.75) is 19.3 Å². The summed E-state index contributed by atoms with van der Waals surface area (Å²) in [6.07, 6.45) is 2.65. The number of fused-ring (bicyclic) bond motifs is 1. The number of rotatable bonds is 6. The molecule has 0 fully saturated rings. The standard InChI is InChI=1S/C19H19NO6S/c1-24-12-6-3-5-11(9-12)18(22)26-10-15(21)20-17-16(19(23)25-2)13-7-4-8-14(13)27-17/h3,5-6,9H,4,7-8,10H2,1-2H3,(H,20,21). The molecule has 1 aromatic carbocycles. The molecule has 0 atom stereocenters. The average Bonchev–Trinajstić information content (AvgIpc) is 3.26. The lowest BCUT2D eigenvalue weighted by Gasteiger charge is -2.08. The summed E-state index contributed by atoms with van der Waals surface area (Å²) in [4.78, 5) is 37.4. The fourth-order valence-electron chi connectivity index (χ4n) is 2.94. The number of hydrogen-bond acceptors (Lipinski definition) is 7. The number of hydrogen-bond donors (Lipinski definition) is 1. The van der Waals surface area contributed by atoms with Gasteiger partial charge in [0.25, 0.3) is 5.91 Å². The van der Waals surface area contributed by atoms with Crippen LogP contribution < -0.4 is 10.1 Å². The van der Waals surface area contributed by atoms with Gasteiger partial charge in [-0.15, -0.1) is 11.3 Å². The van der Waals surface area contributed by atoms with E-state index in [4.69, 9.17) is 14.2 Å². The molecule has 142 valence electrons. The van der Waals surface area contributed by atoms with Crippen molar-refractivity contribution in [3.8, 4) is 5.75 Å². The average molecular weight is 389 g/mol. The molecule has 1 heterocycles. The molecule has 3 rings (SSSR count). The predicted octanol–water partition coefficient (Wildman–Crippen LogP) is 2.83. The van der Waals surface area contributed by atoms with Crippen molar-refractivity contribution in [1.29, 1.82) is 0 Å². The minimum atomic E-state index is -0.633. The summed E-state index contributed by atoms with van der Waals surface area (Å²) >= 11 is 1.37. The van der Waals surface area contributed by atoms with Crippen molar-refractivity contribution in [3.05, 3.63) is 45.8 Å². The van der Waals surface area contributed by atoms with E-state index < -0.39 is 24.5 Å².